The Morgan fingerprint density at radius 2 is 1.25 bits per heavy atom. The van der Waals surface area contributed by atoms with Gasteiger partial charge in [-0.05, 0) is 55.8 Å². The van der Waals surface area contributed by atoms with Gasteiger partial charge in [0, 0.05) is 24.7 Å². The van der Waals surface area contributed by atoms with Gasteiger partial charge in [0.15, 0.2) is 0 Å². The average Bonchev–Trinajstić information content (AvgIpc) is 3.25. The third kappa shape index (κ3) is 6.28. The molecule has 160 valence electrons. The Hall–Kier alpha value is -1.46. The molecule has 0 unspecified atom stereocenters. The summed E-state index contributed by atoms with van der Waals surface area (Å²) >= 11 is 0. The Morgan fingerprint density at radius 1 is 0.750 bits per heavy atom. The smallest absolute Gasteiger partial charge is 0.315 e. The van der Waals surface area contributed by atoms with E-state index in [0.29, 0.717) is 18.6 Å². The summed E-state index contributed by atoms with van der Waals surface area (Å²) in [6.07, 6.45) is 12.2. The molecule has 3 rings (SSSR count). The van der Waals surface area contributed by atoms with Crippen molar-refractivity contribution in [3.8, 4) is 0 Å². The molecule has 0 radical (unpaired) electrons. The Morgan fingerprint density at radius 3 is 1.82 bits per heavy atom. The third-order valence-electron chi connectivity index (χ3n) is 6.84. The van der Waals surface area contributed by atoms with E-state index in [1.54, 1.807) is 0 Å². The van der Waals surface area contributed by atoms with Crippen LogP contribution in [0, 0.1) is 10.8 Å². The van der Waals surface area contributed by atoms with Gasteiger partial charge in [-0.3, -0.25) is 0 Å². The van der Waals surface area contributed by atoms with Gasteiger partial charge in [-0.1, -0.05) is 46.5 Å². The fraction of sp³-hybridized carbons (Fsp3) is 0.909. The lowest BCUT2D eigenvalue weighted by molar-refractivity contribution is 0.0746. The zero-order valence-corrected chi connectivity index (χ0v) is 18.0. The normalized spacial score (nSPS) is 30.8. The molecule has 2 atom stereocenters. The van der Waals surface area contributed by atoms with E-state index < -0.39 is 0 Å². The molecule has 3 saturated carbocycles. The van der Waals surface area contributed by atoms with Crippen LogP contribution in [0.2, 0.25) is 0 Å². The summed E-state index contributed by atoms with van der Waals surface area (Å²) in [5.74, 6) is 0. The van der Waals surface area contributed by atoms with Gasteiger partial charge in [-0.15, -0.1) is 0 Å². The van der Waals surface area contributed by atoms with Crippen LogP contribution in [0.25, 0.3) is 0 Å². The van der Waals surface area contributed by atoms with E-state index in [9.17, 15) is 9.59 Å². The predicted octanol–water partition coefficient (Wildman–Crippen LogP) is 4.06. The molecule has 28 heavy (non-hydrogen) atoms. The van der Waals surface area contributed by atoms with E-state index in [0.717, 1.165) is 44.9 Å². The summed E-state index contributed by atoms with van der Waals surface area (Å²) in [5.41, 5.74) is 0.127. The summed E-state index contributed by atoms with van der Waals surface area (Å²) in [7, 11) is 0. The molecule has 6 heteroatoms. The van der Waals surface area contributed by atoms with Crippen LogP contribution in [-0.2, 0) is 0 Å². The molecule has 3 fully saturated rings. The Kier molecular flexibility index (Phi) is 6.77. The number of rotatable bonds is 5. The second-order valence-electron chi connectivity index (χ2n) is 10.7. The van der Waals surface area contributed by atoms with Crippen molar-refractivity contribution in [2.24, 2.45) is 10.8 Å². The van der Waals surface area contributed by atoms with Crippen molar-refractivity contribution in [1.82, 2.24) is 21.3 Å². The molecular weight excluding hydrogens is 352 g/mol. The number of nitrogens with one attached hydrogen (secondary N) is 4. The molecule has 4 amide bonds. The van der Waals surface area contributed by atoms with Crippen molar-refractivity contribution >= 4 is 12.1 Å². The second kappa shape index (κ2) is 8.91. The first kappa shape index (κ1) is 21.3. The fourth-order valence-electron chi connectivity index (χ4n) is 5.95. The number of carbonyl (C=O) groups excluding carboxylic acids is 2. The molecule has 0 spiro atoms. The van der Waals surface area contributed by atoms with Crippen LogP contribution in [0.4, 0.5) is 9.59 Å². The monoisotopic (exact) mass is 392 g/mol. The van der Waals surface area contributed by atoms with Crippen LogP contribution in [0.5, 0.6) is 0 Å². The van der Waals surface area contributed by atoms with Crippen LogP contribution in [0.3, 0.4) is 0 Å². The van der Waals surface area contributed by atoms with E-state index in [-0.39, 0.29) is 28.9 Å². The van der Waals surface area contributed by atoms with E-state index in [4.69, 9.17) is 0 Å². The minimum absolute atomic E-state index is 0.0138. The van der Waals surface area contributed by atoms with E-state index >= 15 is 0 Å². The first-order valence-corrected chi connectivity index (χ1v) is 11.3. The standard InChI is InChI=1S/C22H40N4O2/c1-21(2)12-18(26-20(28)25-17-10-6-7-11-17)13-22(3,14-21)15-23-19(27)24-16-8-4-5-9-16/h16-18H,4-15H2,1-3H3,(H2,23,24,27)(H2,25,26,28)/t18-,22-/m1/s1. The third-order valence-corrected chi connectivity index (χ3v) is 6.84. The highest BCUT2D eigenvalue weighted by Crippen LogP contribution is 2.45. The first-order valence-electron chi connectivity index (χ1n) is 11.3. The lowest BCUT2D eigenvalue weighted by Crippen LogP contribution is -2.54. The van der Waals surface area contributed by atoms with Gasteiger partial charge in [0.2, 0.25) is 0 Å². The van der Waals surface area contributed by atoms with Crippen molar-refractivity contribution < 1.29 is 9.59 Å². The molecule has 0 heterocycles. The lowest BCUT2D eigenvalue weighted by atomic mass is 9.62. The highest BCUT2D eigenvalue weighted by molar-refractivity contribution is 5.75. The van der Waals surface area contributed by atoms with Crippen LogP contribution >= 0.6 is 0 Å². The van der Waals surface area contributed by atoms with Crippen LogP contribution in [0.15, 0.2) is 0 Å². The number of hydrogen-bond donors (Lipinski definition) is 4. The SMILES string of the molecule is CC1(C)C[C@@H](NC(=O)NC2CCCC2)C[C@@](C)(CNC(=O)NC2CCCC2)C1. The van der Waals surface area contributed by atoms with Gasteiger partial charge in [-0.2, -0.15) is 0 Å². The van der Waals surface area contributed by atoms with Crippen molar-refractivity contribution in [2.75, 3.05) is 6.54 Å². The molecule has 0 aromatic carbocycles. The molecule has 0 aliphatic heterocycles. The average molecular weight is 393 g/mol. The molecule has 6 nitrogen and oxygen atoms in total. The highest BCUT2D eigenvalue weighted by Gasteiger charge is 2.42. The van der Waals surface area contributed by atoms with Gasteiger partial charge < -0.3 is 21.3 Å². The summed E-state index contributed by atoms with van der Waals surface area (Å²) in [6, 6.07) is 0.756. The van der Waals surface area contributed by atoms with Gasteiger partial charge >= 0.3 is 12.1 Å². The van der Waals surface area contributed by atoms with Gasteiger partial charge in [0.25, 0.3) is 0 Å². The molecular formula is C22H40N4O2. The Bertz CT molecular complexity index is 553. The van der Waals surface area contributed by atoms with Crippen LogP contribution < -0.4 is 21.3 Å². The Balaban J connectivity index is 1.49. The first-order chi connectivity index (χ1) is 13.2. The molecule has 0 saturated heterocycles. The maximum atomic E-state index is 12.4. The van der Waals surface area contributed by atoms with Gasteiger partial charge in [0.05, 0.1) is 0 Å². The maximum absolute atomic E-state index is 12.4. The molecule has 0 bridgehead atoms. The van der Waals surface area contributed by atoms with Crippen molar-refractivity contribution in [3.63, 3.8) is 0 Å². The summed E-state index contributed by atoms with van der Waals surface area (Å²) in [4.78, 5) is 24.7. The van der Waals surface area contributed by atoms with E-state index in [1.165, 1.54) is 25.7 Å². The molecule has 3 aliphatic carbocycles. The topological polar surface area (TPSA) is 82.3 Å². The number of urea groups is 2. The van der Waals surface area contributed by atoms with Gasteiger partial charge in [0.1, 0.15) is 0 Å². The van der Waals surface area contributed by atoms with Gasteiger partial charge in [-0.25, -0.2) is 9.59 Å². The highest BCUT2D eigenvalue weighted by atomic mass is 16.2. The number of amides is 4. The summed E-state index contributed by atoms with van der Waals surface area (Å²) in [5, 5.41) is 12.6. The number of carbonyl (C=O) groups is 2. The predicted molar refractivity (Wildman–Crippen MR) is 112 cm³/mol. The zero-order chi connectivity index (χ0) is 20.2. The Labute approximate surface area is 170 Å². The van der Waals surface area contributed by atoms with E-state index in [2.05, 4.69) is 42.0 Å². The maximum Gasteiger partial charge on any atom is 0.315 e. The van der Waals surface area contributed by atoms with Crippen molar-refractivity contribution in [3.05, 3.63) is 0 Å². The quantitative estimate of drug-likeness (QED) is 0.569. The minimum atomic E-state index is -0.0417. The molecule has 3 aliphatic rings. The van der Waals surface area contributed by atoms with E-state index in [1.807, 2.05) is 0 Å². The molecule has 4 N–H and O–H groups in total. The molecule has 0 aromatic rings. The second-order valence-corrected chi connectivity index (χ2v) is 10.7. The summed E-state index contributed by atoms with van der Waals surface area (Å²) < 4.78 is 0. The van der Waals surface area contributed by atoms with Crippen LogP contribution in [0.1, 0.15) is 91.4 Å². The lowest BCUT2D eigenvalue weighted by Gasteiger charge is -2.47. The minimum Gasteiger partial charge on any atom is -0.338 e. The zero-order valence-electron chi connectivity index (χ0n) is 18.0. The van der Waals surface area contributed by atoms with Crippen molar-refractivity contribution in [1.29, 1.82) is 0 Å². The number of hydrogen-bond acceptors (Lipinski definition) is 2. The molecule has 0 aromatic heterocycles. The fourth-order valence-corrected chi connectivity index (χ4v) is 5.95. The summed E-state index contributed by atoms with van der Waals surface area (Å²) in [6.45, 7) is 7.43. The van der Waals surface area contributed by atoms with Crippen LogP contribution in [-0.4, -0.2) is 36.7 Å². The largest absolute Gasteiger partial charge is 0.338 e. The van der Waals surface area contributed by atoms with Crippen molar-refractivity contribution in [2.45, 2.75) is 110 Å².